The number of halogens is 2. The molecule has 0 bridgehead atoms. The molecule has 0 aliphatic rings. The molecule has 0 saturated carbocycles. The molecular formula is C24H22F2N6O2. The average Bonchev–Trinajstić information content (AvgIpc) is 3.34. The second-order valence-corrected chi connectivity index (χ2v) is 7.88. The van der Waals surface area contributed by atoms with Gasteiger partial charge in [-0.2, -0.15) is 5.10 Å². The van der Waals surface area contributed by atoms with Crippen LogP contribution in [-0.4, -0.2) is 19.3 Å². The van der Waals surface area contributed by atoms with Crippen molar-refractivity contribution in [2.24, 2.45) is 7.05 Å². The number of hydrogen-bond acceptors (Lipinski definition) is 5. The van der Waals surface area contributed by atoms with Crippen molar-refractivity contribution < 1.29 is 18.3 Å². The van der Waals surface area contributed by atoms with Crippen molar-refractivity contribution >= 4 is 11.5 Å². The van der Waals surface area contributed by atoms with Crippen LogP contribution in [-0.2, 0) is 13.7 Å². The molecule has 4 aromatic rings. The summed E-state index contributed by atoms with van der Waals surface area (Å²) in [4.78, 5) is 7.43. The first kappa shape index (κ1) is 22.8. The third kappa shape index (κ3) is 4.54. The van der Waals surface area contributed by atoms with Crippen molar-refractivity contribution in [1.82, 2.24) is 19.3 Å². The fraction of sp³-hybridized carbons (Fsp3) is 0.208. The van der Waals surface area contributed by atoms with Gasteiger partial charge in [0.2, 0.25) is 0 Å². The third-order valence-electron chi connectivity index (χ3n) is 5.10. The first-order chi connectivity index (χ1) is 16.3. The molecule has 2 N–H and O–H groups in total. The fourth-order valence-electron chi connectivity index (χ4n) is 3.37. The maximum absolute atomic E-state index is 15.0. The molecule has 0 fully saturated rings. The first-order valence-corrected chi connectivity index (χ1v) is 10.4. The zero-order valence-electron chi connectivity index (χ0n) is 18.8. The highest BCUT2D eigenvalue weighted by Gasteiger charge is 2.21. The van der Waals surface area contributed by atoms with Gasteiger partial charge < -0.3 is 19.8 Å². The van der Waals surface area contributed by atoms with Gasteiger partial charge in [-0.1, -0.05) is 0 Å². The second-order valence-electron chi connectivity index (χ2n) is 7.88. The molecule has 0 saturated heterocycles. The zero-order valence-corrected chi connectivity index (χ0v) is 18.8. The molecule has 2 heterocycles. The Balaban J connectivity index is 1.57. The van der Waals surface area contributed by atoms with Crippen LogP contribution in [0.4, 0.5) is 20.3 Å². The number of nitrogen functional groups attached to an aromatic ring is 1. The Bertz CT molecular complexity index is 1390. The van der Waals surface area contributed by atoms with Crippen molar-refractivity contribution in [3.05, 3.63) is 77.7 Å². The molecule has 0 amide bonds. The SMILES string of the molecule is [C-]#[N+]c1c(-c2ccc(Oc3cc(F)cc(OCc4cncn4C)c3)cc2F)nn(C(C)C)c1N. The summed E-state index contributed by atoms with van der Waals surface area (Å²) in [7, 11) is 1.83. The summed E-state index contributed by atoms with van der Waals surface area (Å²) < 4.78 is 43.7. The van der Waals surface area contributed by atoms with E-state index in [4.69, 9.17) is 21.8 Å². The Morgan fingerprint density at radius 2 is 1.88 bits per heavy atom. The quantitative estimate of drug-likeness (QED) is 0.358. The lowest BCUT2D eigenvalue weighted by molar-refractivity contribution is 0.294. The van der Waals surface area contributed by atoms with E-state index >= 15 is 0 Å². The minimum atomic E-state index is -0.653. The molecule has 2 aromatic carbocycles. The van der Waals surface area contributed by atoms with E-state index in [1.165, 1.54) is 35.0 Å². The van der Waals surface area contributed by atoms with Crippen molar-refractivity contribution in [2.45, 2.75) is 26.5 Å². The van der Waals surface area contributed by atoms with Gasteiger partial charge in [-0.25, -0.2) is 18.6 Å². The van der Waals surface area contributed by atoms with E-state index < -0.39 is 11.6 Å². The summed E-state index contributed by atoms with van der Waals surface area (Å²) in [5.41, 5.74) is 7.18. The van der Waals surface area contributed by atoms with E-state index in [1.54, 1.807) is 17.1 Å². The van der Waals surface area contributed by atoms with Crippen molar-refractivity contribution in [2.75, 3.05) is 5.73 Å². The van der Waals surface area contributed by atoms with E-state index in [0.29, 0.717) is 0 Å². The van der Waals surface area contributed by atoms with Crippen LogP contribution in [0.2, 0.25) is 0 Å². The molecule has 0 atom stereocenters. The van der Waals surface area contributed by atoms with Crippen LogP contribution in [0.15, 0.2) is 48.9 Å². The lowest BCUT2D eigenvalue weighted by Crippen LogP contribution is -2.06. The van der Waals surface area contributed by atoms with Crippen LogP contribution in [0, 0.1) is 18.2 Å². The molecule has 174 valence electrons. The number of ether oxygens (including phenoxy) is 2. The number of imidazole rings is 1. The molecule has 0 radical (unpaired) electrons. The van der Waals surface area contributed by atoms with Gasteiger partial charge in [0.25, 0.3) is 5.69 Å². The summed E-state index contributed by atoms with van der Waals surface area (Å²) in [6.07, 6.45) is 3.29. The van der Waals surface area contributed by atoms with E-state index in [2.05, 4.69) is 14.9 Å². The average molecular weight is 464 g/mol. The molecule has 8 nitrogen and oxygen atoms in total. The number of rotatable bonds is 7. The van der Waals surface area contributed by atoms with Crippen LogP contribution >= 0.6 is 0 Å². The lowest BCUT2D eigenvalue weighted by Gasteiger charge is -2.11. The largest absolute Gasteiger partial charge is 0.487 e. The number of nitrogens with two attached hydrogens (primary N) is 1. The van der Waals surface area contributed by atoms with Gasteiger partial charge in [0, 0.05) is 42.9 Å². The number of hydrogen-bond donors (Lipinski definition) is 1. The predicted octanol–water partition coefficient (Wildman–Crippen LogP) is 5.65. The number of aryl methyl sites for hydroxylation is 1. The zero-order chi connectivity index (χ0) is 24.4. The molecule has 10 heteroatoms. The van der Waals surface area contributed by atoms with Crippen molar-refractivity contribution in [3.63, 3.8) is 0 Å². The molecule has 0 unspecified atom stereocenters. The van der Waals surface area contributed by atoms with Gasteiger partial charge in [0.1, 0.15) is 47.0 Å². The standard InChI is InChI=1S/C24H22F2N6O2/c1-14(2)32-24(27)23(28-3)22(30-32)20-6-5-17(10-21(20)26)34-19-8-15(25)7-18(9-19)33-12-16-11-29-13-31(16)4/h5-11,13-14H,12,27H2,1-2,4H3. The molecule has 0 aliphatic heterocycles. The van der Waals surface area contributed by atoms with Crippen LogP contribution in [0.3, 0.4) is 0 Å². The minimum absolute atomic E-state index is 0.0848. The summed E-state index contributed by atoms with van der Waals surface area (Å²) in [5.74, 6) is -0.499. The highest BCUT2D eigenvalue weighted by Crippen LogP contribution is 2.39. The smallest absolute Gasteiger partial charge is 0.254 e. The van der Waals surface area contributed by atoms with E-state index in [0.717, 1.165) is 11.8 Å². The van der Waals surface area contributed by atoms with Crippen LogP contribution in [0.5, 0.6) is 17.2 Å². The lowest BCUT2D eigenvalue weighted by atomic mass is 10.1. The maximum atomic E-state index is 15.0. The van der Waals surface area contributed by atoms with Crippen molar-refractivity contribution in [3.8, 4) is 28.5 Å². The Hall–Kier alpha value is -4.39. The Labute approximate surface area is 195 Å². The van der Waals surface area contributed by atoms with Gasteiger partial charge in [0.15, 0.2) is 0 Å². The van der Waals surface area contributed by atoms with Gasteiger partial charge in [-0.05, 0) is 26.0 Å². The first-order valence-electron chi connectivity index (χ1n) is 10.4. The molecule has 34 heavy (non-hydrogen) atoms. The van der Waals surface area contributed by atoms with Gasteiger partial charge in [0.05, 0.1) is 24.8 Å². The Kier molecular flexibility index (Phi) is 6.19. The molecular weight excluding hydrogens is 442 g/mol. The van der Waals surface area contributed by atoms with Crippen LogP contribution in [0.1, 0.15) is 25.6 Å². The number of benzene rings is 2. The summed E-state index contributed by atoms with van der Waals surface area (Å²) >= 11 is 0. The number of anilines is 1. The van der Waals surface area contributed by atoms with Gasteiger partial charge in [-0.15, -0.1) is 0 Å². The topological polar surface area (TPSA) is 84.5 Å². The summed E-state index contributed by atoms with van der Waals surface area (Å²) in [6, 6.07) is 7.92. The van der Waals surface area contributed by atoms with E-state index in [-0.39, 0.29) is 52.7 Å². The summed E-state index contributed by atoms with van der Waals surface area (Å²) in [5, 5.41) is 4.32. The van der Waals surface area contributed by atoms with Crippen LogP contribution in [0.25, 0.3) is 16.1 Å². The highest BCUT2D eigenvalue weighted by atomic mass is 19.1. The van der Waals surface area contributed by atoms with E-state index in [1.807, 2.05) is 20.9 Å². The maximum Gasteiger partial charge on any atom is 0.254 e. The molecule has 0 spiro atoms. The predicted molar refractivity (Wildman–Crippen MR) is 123 cm³/mol. The normalized spacial score (nSPS) is 11.0. The van der Waals surface area contributed by atoms with Gasteiger partial charge >= 0.3 is 0 Å². The monoisotopic (exact) mass is 464 g/mol. The Morgan fingerprint density at radius 1 is 1.12 bits per heavy atom. The van der Waals surface area contributed by atoms with Crippen molar-refractivity contribution in [1.29, 1.82) is 0 Å². The van der Waals surface area contributed by atoms with E-state index in [9.17, 15) is 8.78 Å². The van der Waals surface area contributed by atoms with Crippen LogP contribution < -0.4 is 15.2 Å². The number of nitrogens with zero attached hydrogens (tertiary/aromatic N) is 5. The highest BCUT2D eigenvalue weighted by molar-refractivity contribution is 5.83. The molecule has 0 aliphatic carbocycles. The van der Waals surface area contributed by atoms with Gasteiger partial charge in [-0.3, -0.25) is 4.68 Å². The Morgan fingerprint density at radius 3 is 2.53 bits per heavy atom. The minimum Gasteiger partial charge on any atom is -0.487 e. The fourth-order valence-corrected chi connectivity index (χ4v) is 3.37. The molecule has 4 rings (SSSR count). The molecule has 2 aromatic heterocycles. The number of aromatic nitrogens is 4. The summed E-state index contributed by atoms with van der Waals surface area (Å²) in [6.45, 7) is 11.3. The third-order valence-corrected chi connectivity index (χ3v) is 5.10. The second kappa shape index (κ2) is 9.23.